The van der Waals surface area contributed by atoms with E-state index in [1.165, 1.54) is 14.0 Å². The van der Waals surface area contributed by atoms with Crippen molar-refractivity contribution in [3.05, 3.63) is 35.9 Å². The zero-order valence-electron chi connectivity index (χ0n) is 13.4. The number of amides is 1. The Kier molecular flexibility index (Phi) is 4.85. The lowest BCUT2D eigenvalue weighted by Crippen LogP contribution is -2.71. The van der Waals surface area contributed by atoms with Crippen LogP contribution in [-0.4, -0.2) is 42.0 Å². The molecule has 1 aromatic carbocycles. The van der Waals surface area contributed by atoms with Gasteiger partial charge in [0.15, 0.2) is 5.78 Å². The Morgan fingerprint density at radius 3 is 2.43 bits per heavy atom. The molecule has 4 atom stereocenters. The van der Waals surface area contributed by atoms with Gasteiger partial charge in [0, 0.05) is 5.56 Å². The minimum Gasteiger partial charge on any atom is -0.468 e. The van der Waals surface area contributed by atoms with Crippen molar-refractivity contribution in [2.75, 3.05) is 7.11 Å². The van der Waals surface area contributed by atoms with Gasteiger partial charge in [-0.05, 0) is 13.3 Å². The first-order chi connectivity index (χ1) is 10.9. The topological polar surface area (TPSA) is 92.7 Å². The number of ether oxygens (including phenoxy) is 1. The van der Waals surface area contributed by atoms with Crippen LogP contribution in [0.25, 0.3) is 0 Å². The van der Waals surface area contributed by atoms with Gasteiger partial charge in [-0.25, -0.2) is 0 Å². The molecule has 0 bridgehead atoms. The van der Waals surface area contributed by atoms with Crippen molar-refractivity contribution in [2.45, 2.75) is 32.4 Å². The van der Waals surface area contributed by atoms with Crippen molar-refractivity contribution in [3.63, 3.8) is 0 Å². The Bertz CT molecular complexity index is 615. The predicted octanol–water partition coefficient (Wildman–Crippen LogP) is 0.934. The van der Waals surface area contributed by atoms with E-state index in [4.69, 9.17) is 4.74 Å². The van der Waals surface area contributed by atoms with Crippen LogP contribution in [0.4, 0.5) is 0 Å². The van der Waals surface area contributed by atoms with Gasteiger partial charge in [-0.2, -0.15) is 0 Å². The Morgan fingerprint density at radius 1 is 1.35 bits per heavy atom. The molecular formula is C17H21NO5. The third-order valence-corrected chi connectivity index (χ3v) is 4.53. The van der Waals surface area contributed by atoms with Gasteiger partial charge in [0.05, 0.1) is 25.2 Å². The molecule has 1 aliphatic rings. The number of ketones is 1. The van der Waals surface area contributed by atoms with Crippen LogP contribution in [0.15, 0.2) is 30.3 Å². The number of nitrogens with one attached hydrogen (secondary N) is 1. The average Bonchev–Trinajstić information content (AvgIpc) is 2.57. The number of aliphatic hydroxyl groups excluding tert-OH is 1. The van der Waals surface area contributed by atoms with Crippen LogP contribution in [0.1, 0.15) is 30.6 Å². The van der Waals surface area contributed by atoms with Gasteiger partial charge >= 0.3 is 5.97 Å². The fourth-order valence-electron chi connectivity index (χ4n) is 3.01. The lowest BCUT2D eigenvalue weighted by atomic mass is 9.65. The lowest BCUT2D eigenvalue weighted by Gasteiger charge is -2.47. The second-order valence-corrected chi connectivity index (χ2v) is 5.88. The number of β-lactam (4-membered cyclic amide) rings is 1. The highest BCUT2D eigenvalue weighted by atomic mass is 16.5. The second kappa shape index (κ2) is 6.50. The molecule has 0 spiro atoms. The maximum atomic E-state index is 12.9. The highest BCUT2D eigenvalue weighted by Crippen LogP contribution is 2.38. The Morgan fingerprint density at radius 2 is 1.96 bits per heavy atom. The monoisotopic (exact) mass is 319 g/mol. The Labute approximate surface area is 134 Å². The summed E-state index contributed by atoms with van der Waals surface area (Å²) in [7, 11) is 1.20. The molecule has 1 amide bonds. The molecule has 1 saturated heterocycles. The van der Waals surface area contributed by atoms with Crippen LogP contribution in [-0.2, 0) is 14.3 Å². The molecule has 0 aliphatic carbocycles. The summed E-state index contributed by atoms with van der Waals surface area (Å²) in [5, 5.41) is 12.7. The number of hydrogen-bond acceptors (Lipinski definition) is 5. The number of hydrogen-bond donors (Lipinski definition) is 2. The number of carbonyl (C=O) groups is 3. The van der Waals surface area contributed by atoms with Gasteiger partial charge < -0.3 is 15.2 Å². The van der Waals surface area contributed by atoms with E-state index in [0.717, 1.165) is 0 Å². The van der Waals surface area contributed by atoms with Crippen LogP contribution >= 0.6 is 0 Å². The summed E-state index contributed by atoms with van der Waals surface area (Å²) in [6.45, 7) is 3.19. The van der Waals surface area contributed by atoms with Gasteiger partial charge in [0.2, 0.25) is 5.91 Å². The van der Waals surface area contributed by atoms with E-state index in [1.54, 1.807) is 37.3 Å². The van der Waals surface area contributed by atoms with Crippen molar-refractivity contribution < 1.29 is 24.2 Å². The second-order valence-electron chi connectivity index (χ2n) is 5.88. The SMILES string of the molecule is CCC(O)C1C(=O)NC1C(C)(C(=O)OC)C(=O)c1ccccc1. The van der Waals surface area contributed by atoms with E-state index in [9.17, 15) is 19.5 Å². The normalized spacial score (nSPS) is 23.9. The predicted molar refractivity (Wildman–Crippen MR) is 82.6 cm³/mol. The van der Waals surface area contributed by atoms with Crippen molar-refractivity contribution in [1.29, 1.82) is 0 Å². The summed E-state index contributed by atoms with van der Waals surface area (Å²) in [5.74, 6) is -2.34. The average molecular weight is 319 g/mol. The van der Waals surface area contributed by atoms with Gasteiger partial charge in [-0.1, -0.05) is 37.3 Å². The largest absolute Gasteiger partial charge is 0.468 e. The van der Waals surface area contributed by atoms with Gasteiger partial charge in [-0.15, -0.1) is 0 Å². The minimum absolute atomic E-state index is 0.353. The quantitative estimate of drug-likeness (QED) is 0.352. The standard InChI is InChI=1S/C17H21NO5/c1-4-11(19)12-13(18-15(12)21)17(2,16(22)23-3)14(20)10-8-6-5-7-9-10/h5-9,11-13,19H,4H2,1-3H3,(H,18,21). The fourth-order valence-corrected chi connectivity index (χ4v) is 3.01. The molecular weight excluding hydrogens is 298 g/mol. The Balaban J connectivity index is 2.43. The number of carbonyl (C=O) groups excluding carboxylic acids is 3. The molecule has 4 unspecified atom stereocenters. The van der Waals surface area contributed by atoms with Crippen LogP contribution in [0, 0.1) is 11.3 Å². The first-order valence-electron chi connectivity index (χ1n) is 7.54. The minimum atomic E-state index is -1.59. The molecule has 6 nitrogen and oxygen atoms in total. The van der Waals surface area contributed by atoms with Crippen LogP contribution in [0.2, 0.25) is 0 Å². The molecule has 6 heteroatoms. The molecule has 0 saturated carbocycles. The van der Waals surface area contributed by atoms with Crippen LogP contribution in [0.3, 0.4) is 0 Å². The van der Waals surface area contributed by atoms with E-state index in [2.05, 4.69) is 5.32 Å². The number of esters is 1. The summed E-state index contributed by atoms with van der Waals surface area (Å²) in [6.07, 6.45) is -0.563. The highest BCUT2D eigenvalue weighted by molar-refractivity contribution is 6.14. The fraction of sp³-hybridized carbons (Fsp3) is 0.471. The summed E-state index contributed by atoms with van der Waals surface area (Å²) in [6, 6.07) is 7.57. The maximum absolute atomic E-state index is 12.9. The highest BCUT2D eigenvalue weighted by Gasteiger charge is 2.60. The van der Waals surface area contributed by atoms with E-state index < -0.39 is 35.2 Å². The van der Waals surface area contributed by atoms with Gasteiger partial charge in [-0.3, -0.25) is 14.4 Å². The van der Waals surface area contributed by atoms with Crippen molar-refractivity contribution in [3.8, 4) is 0 Å². The van der Waals surface area contributed by atoms with Gasteiger partial charge in [0.1, 0.15) is 5.41 Å². The van der Waals surface area contributed by atoms with Crippen molar-refractivity contribution in [1.82, 2.24) is 5.32 Å². The summed E-state index contributed by atoms with van der Waals surface area (Å²) in [4.78, 5) is 37.1. The van der Waals surface area contributed by atoms with Crippen LogP contribution < -0.4 is 5.32 Å². The zero-order valence-corrected chi connectivity index (χ0v) is 13.4. The molecule has 0 aromatic heterocycles. The number of Topliss-reactive ketones (excluding diaryl/α,β-unsaturated/α-hetero) is 1. The van der Waals surface area contributed by atoms with Crippen LogP contribution in [0.5, 0.6) is 0 Å². The van der Waals surface area contributed by atoms with E-state index in [1.807, 2.05) is 0 Å². The summed E-state index contributed by atoms with van der Waals surface area (Å²) >= 11 is 0. The molecule has 2 rings (SSSR count). The van der Waals surface area contributed by atoms with E-state index in [0.29, 0.717) is 12.0 Å². The molecule has 0 radical (unpaired) electrons. The number of aliphatic hydroxyl groups is 1. The summed E-state index contributed by atoms with van der Waals surface area (Å²) in [5.41, 5.74) is -1.24. The molecule has 1 heterocycles. The molecule has 1 fully saturated rings. The first-order valence-corrected chi connectivity index (χ1v) is 7.54. The molecule has 23 heavy (non-hydrogen) atoms. The number of rotatable bonds is 6. The van der Waals surface area contributed by atoms with E-state index >= 15 is 0 Å². The third kappa shape index (κ3) is 2.74. The summed E-state index contributed by atoms with van der Waals surface area (Å²) < 4.78 is 4.82. The van der Waals surface area contributed by atoms with Crippen molar-refractivity contribution in [2.24, 2.45) is 11.3 Å². The lowest BCUT2D eigenvalue weighted by molar-refractivity contribution is -0.160. The van der Waals surface area contributed by atoms with E-state index in [-0.39, 0.29) is 5.91 Å². The number of methoxy groups -OCH3 is 1. The zero-order chi connectivity index (χ0) is 17.2. The maximum Gasteiger partial charge on any atom is 0.321 e. The third-order valence-electron chi connectivity index (χ3n) is 4.53. The molecule has 1 aliphatic heterocycles. The molecule has 124 valence electrons. The van der Waals surface area contributed by atoms with Gasteiger partial charge in [0.25, 0.3) is 0 Å². The Hall–Kier alpha value is -2.21. The van der Waals surface area contributed by atoms with Crippen molar-refractivity contribution >= 4 is 17.7 Å². The smallest absolute Gasteiger partial charge is 0.321 e. The number of benzene rings is 1. The molecule has 2 N–H and O–H groups in total. The first kappa shape index (κ1) is 17.1. The molecule has 1 aromatic rings.